The lowest BCUT2D eigenvalue weighted by molar-refractivity contribution is -0.137. The summed E-state index contributed by atoms with van der Waals surface area (Å²) in [6, 6.07) is 2.41. The predicted octanol–water partition coefficient (Wildman–Crippen LogP) is 4.22. The van der Waals surface area contributed by atoms with Crippen molar-refractivity contribution >= 4 is 29.4 Å². The first-order chi connectivity index (χ1) is 12.9. The third-order valence-electron chi connectivity index (χ3n) is 4.56. The van der Waals surface area contributed by atoms with Crippen molar-refractivity contribution in [3.63, 3.8) is 0 Å². The second-order valence-electron chi connectivity index (χ2n) is 7.83. The summed E-state index contributed by atoms with van der Waals surface area (Å²) < 4.78 is 45.6. The minimum absolute atomic E-state index is 0.0445. The van der Waals surface area contributed by atoms with Crippen molar-refractivity contribution < 1.29 is 27.5 Å². The molecule has 2 saturated heterocycles. The quantitative estimate of drug-likeness (QED) is 0.684. The number of piperazine rings is 1. The van der Waals surface area contributed by atoms with Gasteiger partial charge in [-0.2, -0.15) is 13.2 Å². The molecule has 0 spiro atoms. The zero-order chi connectivity index (χ0) is 20.9. The number of alkyl halides is 3. The molecule has 3 amide bonds. The van der Waals surface area contributed by atoms with Crippen molar-refractivity contribution in [2.75, 3.05) is 31.1 Å². The Morgan fingerprint density at radius 2 is 1.86 bits per heavy atom. The molecule has 0 bridgehead atoms. The van der Waals surface area contributed by atoms with Crippen LogP contribution in [-0.2, 0) is 10.9 Å². The summed E-state index contributed by atoms with van der Waals surface area (Å²) in [6.45, 7) is 5.99. The van der Waals surface area contributed by atoms with Crippen molar-refractivity contribution in [3.8, 4) is 0 Å². The van der Waals surface area contributed by atoms with Crippen LogP contribution in [0.1, 0.15) is 26.3 Å². The largest absolute Gasteiger partial charge is 0.444 e. The normalized spacial score (nSPS) is 20.5. The van der Waals surface area contributed by atoms with Gasteiger partial charge in [-0.05, 0) is 39.0 Å². The summed E-state index contributed by atoms with van der Waals surface area (Å²) in [4.78, 5) is 29.1. The van der Waals surface area contributed by atoms with Gasteiger partial charge in [0.1, 0.15) is 5.60 Å². The van der Waals surface area contributed by atoms with E-state index in [4.69, 9.17) is 16.3 Å². The number of nitrogens with zero attached hydrogens (tertiary/aromatic N) is 3. The molecule has 0 aromatic heterocycles. The maximum Gasteiger partial charge on any atom is 0.418 e. The molecule has 2 aliphatic rings. The van der Waals surface area contributed by atoms with Crippen LogP contribution in [0.15, 0.2) is 18.2 Å². The molecule has 0 aliphatic carbocycles. The first kappa shape index (κ1) is 20.6. The summed E-state index contributed by atoms with van der Waals surface area (Å²) in [5.74, 6) is 0. The molecule has 3 rings (SSSR count). The van der Waals surface area contributed by atoms with Crippen LogP contribution >= 0.6 is 11.6 Å². The number of ether oxygens (including phenoxy) is 1. The van der Waals surface area contributed by atoms with Gasteiger partial charge in [0.25, 0.3) is 0 Å². The van der Waals surface area contributed by atoms with E-state index in [0.717, 1.165) is 11.0 Å². The fourth-order valence-corrected chi connectivity index (χ4v) is 3.54. The van der Waals surface area contributed by atoms with Crippen LogP contribution < -0.4 is 4.90 Å². The molecular weight excluding hydrogens is 399 g/mol. The van der Waals surface area contributed by atoms with Crippen LogP contribution in [0.25, 0.3) is 0 Å². The maximum atomic E-state index is 13.4. The Morgan fingerprint density at radius 3 is 2.46 bits per heavy atom. The van der Waals surface area contributed by atoms with Crippen LogP contribution in [0, 0.1) is 0 Å². The van der Waals surface area contributed by atoms with Crippen LogP contribution in [0.4, 0.5) is 28.4 Å². The number of benzene rings is 1. The van der Waals surface area contributed by atoms with Gasteiger partial charge < -0.3 is 14.5 Å². The third-order valence-corrected chi connectivity index (χ3v) is 4.79. The molecule has 1 unspecified atom stereocenters. The smallest absolute Gasteiger partial charge is 0.418 e. The van der Waals surface area contributed by atoms with Crippen molar-refractivity contribution in [1.29, 1.82) is 0 Å². The van der Waals surface area contributed by atoms with E-state index in [9.17, 15) is 22.8 Å². The van der Waals surface area contributed by atoms with Crippen molar-refractivity contribution in [2.45, 2.75) is 38.6 Å². The number of halogens is 4. The summed E-state index contributed by atoms with van der Waals surface area (Å²) in [5.41, 5.74) is -1.85. The van der Waals surface area contributed by atoms with E-state index in [1.165, 1.54) is 21.9 Å². The first-order valence-corrected chi connectivity index (χ1v) is 9.17. The van der Waals surface area contributed by atoms with E-state index in [2.05, 4.69) is 0 Å². The predicted molar refractivity (Wildman–Crippen MR) is 97.5 cm³/mol. The lowest BCUT2D eigenvalue weighted by Gasteiger charge is -2.36. The van der Waals surface area contributed by atoms with Gasteiger partial charge in [-0.1, -0.05) is 11.6 Å². The molecule has 2 heterocycles. The Bertz CT molecular complexity index is 795. The molecule has 1 aromatic rings. The lowest BCUT2D eigenvalue weighted by atomic mass is 10.1. The molecule has 28 heavy (non-hydrogen) atoms. The van der Waals surface area contributed by atoms with E-state index in [-0.39, 0.29) is 36.9 Å². The first-order valence-electron chi connectivity index (χ1n) is 8.79. The highest BCUT2D eigenvalue weighted by Gasteiger charge is 2.45. The summed E-state index contributed by atoms with van der Waals surface area (Å²) >= 11 is 5.72. The fraction of sp³-hybridized carbons (Fsp3) is 0.556. The molecule has 1 aromatic carbocycles. The Balaban J connectivity index is 1.81. The van der Waals surface area contributed by atoms with Crippen LogP contribution in [-0.4, -0.2) is 59.7 Å². The number of fused-ring (bicyclic) bond motifs is 1. The Hall–Kier alpha value is -2.16. The minimum atomic E-state index is -4.65. The minimum Gasteiger partial charge on any atom is -0.444 e. The second kappa shape index (κ2) is 7.02. The van der Waals surface area contributed by atoms with Gasteiger partial charge in [0.15, 0.2) is 0 Å². The maximum absolute atomic E-state index is 13.4. The zero-order valence-corrected chi connectivity index (χ0v) is 16.5. The molecular formula is C18H21ClF3N3O3. The highest BCUT2D eigenvalue weighted by Crippen LogP contribution is 2.40. The third kappa shape index (κ3) is 4.14. The molecule has 154 valence electrons. The number of rotatable bonds is 1. The zero-order valence-electron chi connectivity index (χ0n) is 15.7. The SMILES string of the molecule is CC(C)(C)OC(=O)N1CCN2C(=O)N(c3ccc(Cl)cc3C(F)(F)F)CC2C1. The van der Waals surface area contributed by atoms with Crippen LogP contribution in [0.3, 0.4) is 0 Å². The Morgan fingerprint density at radius 1 is 1.18 bits per heavy atom. The number of anilines is 1. The van der Waals surface area contributed by atoms with E-state index < -0.39 is 35.5 Å². The highest BCUT2D eigenvalue weighted by molar-refractivity contribution is 6.30. The van der Waals surface area contributed by atoms with Gasteiger partial charge in [-0.15, -0.1) is 0 Å². The number of urea groups is 1. The second-order valence-corrected chi connectivity index (χ2v) is 8.26. The average Bonchev–Trinajstić information content (AvgIpc) is 2.89. The molecule has 0 saturated carbocycles. The summed E-state index contributed by atoms with van der Waals surface area (Å²) in [7, 11) is 0. The van der Waals surface area contributed by atoms with E-state index in [1.807, 2.05) is 0 Å². The van der Waals surface area contributed by atoms with Crippen molar-refractivity contribution in [2.24, 2.45) is 0 Å². The van der Waals surface area contributed by atoms with Gasteiger partial charge in [0.05, 0.1) is 17.3 Å². The molecule has 0 radical (unpaired) electrons. The summed E-state index contributed by atoms with van der Waals surface area (Å²) in [6.07, 6.45) is -5.15. The van der Waals surface area contributed by atoms with E-state index >= 15 is 0 Å². The van der Waals surface area contributed by atoms with Gasteiger partial charge in [0, 0.05) is 31.2 Å². The number of hydrogen-bond acceptors (Lipinski definition) is 3. The monoisotopic (exact) mass is 419 g/mol. The topological polar surface area (TPSA) is 53.1 Å². The molecule has 0 N–H and O–H groups in total. The number of carbonyl (C=O) groups is 2. The number of amides is 3. The van der Waals surface area contributed by atoms with Crippen molar-refractivity contribution in [1.82, 2.24) is 9.80 Å². The van der Waals surface area contributed by atoms with E-state index in [1.54, 1.807) is 20.8 Å². The fourth-order valence-electron chi connectivity index (χ4n) is 3.37. The molecule has 2 aliphatic heterocycles. The Kier molecular flexibility index (Phi) is 5.16. The van der Waals surface area contributed by atoms with Crippen molar-refractivity contribution in [3.05, 3.63) is 28.8 Å². The standard InChI is InChI=1S/C18H21ClF3N3O3/c1-17(2,3)28-16(27)23-6-7-24-12(9-23)10-25(15(24)26)14-5-4-11(19)8-13(14)18(20,21)22/h4-5,8,12H,6-7,9-10H2,1-3H3. The number of carbonyl (C=O) groups excluding carboxylic acids is 2. The molecule has 6 nitrogen and oxygen atoms in total. The molecule has 10 heteroatoms. The van der Waals surface area contributed by atoms with Gasteiger partial charge >= 0.3 is 18.3 Å². The Labute approximate surface area is 165 Å². The lowest BCUT2D eigenvalue weighted by Crippen LogP contribution is -2.54. The average molecular weight is 420 g/mol. The van der Waals surface area contributed by atoms with Crippen LogP contribution in [0.5, 0.6) is 0 Å². The van der Waals surface area contributed by atoms with E-state index in [0.29, 0.717) is 0 Å². The van der Waals surface area contributed by atoms with Gasteiger partial charge in [-0.3, -0.25) is 4.90 Å². The van der Waals surface area contributed by atoms with Gasteiger partial charge in [0.2, 0.25) is 0 Å². The highest BCUT2D eigenvalue weighted by atomic mass is 35.5. The van der Waals surface area contributed by atoms with Gasteiger partial charge in [-0.25, -0.2) is 9.59 Å². The number of hydrogen-bond donors (Lipinski definition) is 0. The van der Waals surface area contributed by atoms with Crippen LogP contribution in [0.2, 0.25) is 5.02 Å². The molecule has 2 fully saturated rings. The summed E-state index contributed by atoms with van der Waals surface area (Å²) in [5, 5.41) is -0.0588. The molecule has 1 atom stereocenters.